The number of rotatable bonds is 6. The molecule has 0 aliphatic heterocycles. The zero-order valence-corrected chi connectivity index (χ0v) is 15.7. The minimum Gasteiger partial charge on any atom is -0.496 e. The largest absolute Gasteiger partial charge is 0.496 e. The highest BCUT2D eigenvalue weighted by Crippen LogP contribution is 2.21. The van der Waals surface area contributed by atoms with Gasteiger partial charge < -0.3 is 15.4 Å². The predicted octanol–water partition coefficient (Wildman–Crippen LogP) is 3.79. The van der Waals surface area contributed by atoms with Gasteiger partial charge in [-0.25, -0.2) is 0 Å². The van der Waals surface area contributed by atoms with Crippen LogP contribution in [0.15, 0.2) is 36.4 Å². The van der Waals surface area contributed by atoms with Gasteiger partial charge in [0.2, 0.25) is 5.91 Å². The average molecular weight is 394 g/mol. The van der Waals surface area contributed by atoms with Gasteiger partial charge in [-0.05, 0) is 48.7 Å². The number of methoxy groups -OCH3 is 1. The van der Waals surface area contributed by atoms with Gasteiger partial charge in [-0.2, -0.15) is 13.2 Å². The van der Waals surface area contributed by atoms with Crippen molar-refractivity contribution in [1.82, 2.24) is 5.32 Å². The van der Waals surface area contributed by atoms with Gasteiger partial charge in [0, 0.05) is 11.3 Å². The lowest BCUT2D eigenvalue weighted by Crippen LogP contribution is -2.33. The van der Waals surface area contributed by atoms with Crippen LogP contribution in [0.3, 0.4) is 0 Å². The first-order valence-corrected chi connectivity index (χ1v) is 8.48. The maximum Gasteiger partial charge on any atom is 0.405 e. The lowest BCUT2D eigenvalue weighted by atomic mass is 10.1. The van der Waals surface area contributed by atoms with Crippen molar-refractivity contribution in [2.45, 2.75) is 26.4 Å². The molecule has 2 N–H and O–H groups in total. The van der Waals surface area contributed by atoms with Crippen LogP contribution in [0.25, 0.3) is 0 Å². The van der Waals surface area contributed by atoms with E-state index in [-0.39, 0.29) is 17.9 Å². The van der Waals surface area contributed by atoms with Gasteiger partial charge in [0.05, 0.1) is 13.5 Å². The number of carbonyl (C=O) groups is 2. The van der Waals surface area contributed by atoms with Gasteiger partial charge in [0.15, 0.2) is 0 Å². The maximum atomic E-state index is 12.4. The van der Waals surface area contributed by atoms with Crippen LogP contribution < -0.4 is 15.4 Å². The molecule has 0 aromatic heterocycles. The number of anilines is 1. The fraction of sp³-hybridized carbons (Fsp3) is 0.300. The third-order valence-corrected chi connectivity index (χ3v) is 4.06. The Morgan fingerprint density at radius 1 is 1.04 bits per heavy atom. The third-order valence-electron chi connectivity index (χ3n) is 4.06. The van der Waals surface area contributed by atoms with Crippen molar-refractivity contribution in [3.63, 3.8) is 0 Å². The van der Waals surface area contributed by atoms with E-state index in [9.17, 15) is 22.8 Å². The topological polar surface area (TPSA) is 67.4 Å². The monoisotopic (exact) mass is 394 g/mol. The van der Waals surface area contributed by atoms with E-state index in [1.165, 1.54) is 12.1 Å². The Balaban J connectivity index is 2.08. The lowest BCUT2D eigenvalue weighted by Gasteiger charge is -2.12. The first-order chi connectivity index (χ1) is 13.1. The van der Waals surface area contributed by atoms with Crippen molar-refractivity contribution in [2.24, 2.45) is 0 Å². The Labute approximate surface area is 160 Å². The normalized spacial score (nSPS) is 11.1. The standard InChI is InChI=1S/C20H21F3N2O3/c1-12-5-7-15(19(27)24-11-20(21,22)23)10-16(12)25-18(26)9-14-6-4-13(2)17(8-14)28-3/h4-8,10H,9,11H2,1-3H3,(H,24,27)(H,25,26). The summed E-state index contributed by atoms with van der Waals surface area (Å²) in [6.45, 7) is 2.19. The van der Waals surface area contributed by atoms with E-state index in [2.05, 4.69) is 5.32 Å². The summed E-state index contributed by atoms with van der Waals surface area (Å²) in [4.78, 5) is 24.3. The zero-order valence-electron chi connectivity index (χ0n) is 15.7. The molecular formula is C20H21F3N2O3. The summed E-state index contributed by atoms with van der Waals surface area (Å²) in [5, 5.41) is 4.50. The molecule has 0 spiro atoms. The minimum atomic E-state index is -4.49. The SMILES string of the molecule is COc1cc(CC(=O)Nc2cc(C(=O)NCC(F)(F)F)ccc2C)ccc1C. The van der Waals surface area contributed by atoms with Crippen LogP contribution in [0.4, 0.5) is 18.9 Å². The molecular weight excluding hydrogens is 373 g/mol. The quantitative estimate of drug-likeness (QED) is 0.784. The number of alkyl halides is 3. The van der Waals surface area contributed by atoms with E-state index in [1.54, 1.807) is 31.5 Å². The third kappa shape index (κ3) is 6.00. The summed E-state index contributed by atoms with van der Waals surface area (Å²) in [5.74, 6) is -0.511. The summed E-state index contributed by atoms with van der Waals surface area (Å²) < 4.78 is 42.0. The molecule has 28 heavy (non-hydrogen) atoms. The van der Waals surface area contributed by atoms with Crippen molar-refractivity contribution in [3.05, 3.63) is 58.7 Å². The molecule has 0 radical (unpaired) electrons. The summed E-state index contributed by atoms with van der Waals surface area (Å²) in [6.07, 6.45) is -4.41. The summed E-state index contributed by atoms with van der Waals surface area (Å²) in [5.41, 5.74) is 2.77. The number of halogens is 3. The molecule has 2 aromatic rings. The molecule has 2 rings (SSSR count). The van der Waals surface area contributed by atoms with Crippen LogP contribution in [0.1, 0.15) is 27.0 Å². The highest BCUT2D eigenvalue weighted by atomic mass is 19.4. The van der Waals surface area contributed by atoms with E-state index in [0.29, 0.717) is 17.0 Å². The van der Waals surface area contributed by atoms with E-state index < -0.39 is 18.6 Å². The number of aryl methyl sites for hydroxylation is 2. The molecule has 0 aliphatic carbocycles. The molecule has 0 bridgehead atoms. The number of ether oxygens (including phenoxy) is 1. The van der Waals surface area contributed by atoms with Crippen molar-refractivity contribution < 1.29 is 27.5 Å². The Hall–Kier alpha value is -3.03. The van der Waals surface area contributed by atoms with E-state index in [4.69, 9.17) is 4.74 Å². The molecule has 8 heteroatoms. The van der Waals surface area contributed by atoms with Crippen molar-refractivity contribution in [3.8, 4) is 5.75 Å². The number of hydrogen-bond acceptors (Lipinski definition) is 3. The summed E-state index contributed by atoms with van der Waals surface area (Å²) >= 11 is 0. The van der Waals surface area contributed by atoms with Gasteiger partial charge in [-0.1, -0.05) is 18.2 Å². The molecule has 150 valence electrons. The summed E-state index contributed by atoms with van der Waals surface area (Å²) in [6, 6.07) is 9.75. The smallest absolute Gasteiger partial charge is 0.405 e. The number of amides is 2. The average Bonchev–Trinajstić information content (AvgIpc) is 2.62. The van der Waals surface area contributed by atoms with Gasteiger partial charge in [-0.3, -0.25) is 9.59 Å². The predicted molar refractivity (Wildman–Crippen MR) is 99.6 cm³/mol. The minimum absolute atomic E-state index is 0.0298. The number of benzene rings is 2. The highest BCUT2D eigenvalue weighted by Gasteiger charge is 2.28. The molecule has 5 nitrogen and oxygen atoms in total. The first kappa shape index (κ1) is 21.3. The van der Waals surface area contributed by atoms with Gasteiger partial charge in [0.25, 0.3) is 5.91 Å². The molecule has 2 amide bonds. The van der Waals surface area contributed by atoms with Crippen molar-refractivity contribution in [2.75, 3.05) is 19.0 Å². The second-order valence-corrected chi connectivity index (χ2v) is 6.36. The Kier molecular flexibility index (Phi) is 6.66. The molecule has 0 aliphatic rings. The zero-order chi connectivity index (χ0) is 20.9. The maximum absolute atomic E-state index is 12.4. The Bertz CT molecular complexity index is 879. The van der Waals surface area contributed by atoms with Crippen LogP contribution in [0.5, 0.6) is 5.75 Å². The molecule has 0 heterocycles. The molecule has 0 saturated heterocycles. The van der Waals surface area contributed by atoms with E-state index in [1.807, 2.05) is 19.1 Å². The van der Waals surface area contributed by atoms with Crippen LogP contribution in [0, 0.1) is 13.8 Å². The van der Waals surface area contributed by atoms with Gasteiger partial charge in [-0.15, -0.1) is 0 Å². The van der Waals surface area contributed by atoms with E-state index in [0.717, 1.165) is 11.1 Å². The molecule has 0 saturated carbocycles. The lowest BCUT2D eigenvalue weighted by molar-refractivity contribution is -0.123. The van der Waals surface area contributed by atoms with Crippen LogP contribution >= 0.6 is 0 Å². The second-order valence-electron chi connectivity index (χ2n) is 6.36. The number of hydrogen-bond donors (Lipinski definition) is 2. The van der Waals surface area contributed by atoms with Crippen molar-refractivity contribution >= 4 is 17.5 Å². The van der Waals surface area contributed by atoms with Gasteiger partial charge in [0.1, 0.15) is 12.3 Å². The summed E-state index contributed by atoms with van der Waals surface area (Å²) in [7, 11) is 1.55. The number of carbonyl (C=O) groups excluding carboxylic acids is 2. The van der Waals surface area contributed by atoms with Crippen LogP contribution in [0.2, 0.25) is 0 Å². The van der Waals surface area contributed by atoms with Crippen molar-refractivity contribution in [1.29, 1.82) is 0 Å². The fourth-order valence-corrected chi connectivity index (χ4v) is 2.53. The molecule has 0 atom stereocenters. The van der Waals surface area contributed by atoms with E-state index >= 15 is 0 Å². The van der Waals surface area contributed by atoms with Crippen LogP contribution in [-0.2, 0) is 11.2 Å². The Morgan fingerprint density at radius 2 is 1.71 bits per heavy atom. The fourth-order valence-electron chi connectivity index (χ4n) is 2.53. The van der Waals surface area contributed by atoms with Gasteiger partial charge >= 0.3 is 6.18 Å². The first-order valence-electron chi connectivity index (χ1n) is 8.48. The molecule has 2 aromatic carbocycles. The molecule has 0 unspecified atom stereocenters. The second kappa shape index (κ2) is 8.77. The molecule has 0 fully saturated rings. The highest BCUT2D eigenvalue weighted by molar-refractivity contribution is 5.98. The van der Waals surface area contributed by atoms with Crippen LogP contribution in [-0.4, -0.2) is 31.6 Å². The number of nitrogens with one attached hydrogen (secondary N) is 2. The Morgan fingerprint density at radius 3 is 2.36 bits per heavy atom.